The Morgan fingerprint density at radius 1 is 1.36 bits per heavy atom. The summed E-state index contributed by atoms with van der Waals surface area (Å²) in [5.74, 6) is -1.10. The summed E-state index contributed by atoms with van der Waals surface area (Å²) in [7, 11) is 1.24. The molecule has 2 N–H and O–H groups in total. The van der Waals surface area contributed by atoms with Crippen LogP contribution in [0.3, 0.4) is 0 Å². The molecule has 0 saturated carbocycles. The number of rotatable bonds is 3. The van der Waals surface area contributed by atoms with Crippen molar-refractivity contribution >= 4 is 11.6 Å². The largest absolute Gasteiger partial charge is 0.479 e. The first-order valence-electron chi connectivity index (χ1n) is 3.78. The van der Waals surface area contributed by atoms with Gasteiger partial charge in [0.25, 0.3) is 5.88 Å². The van der Waals surface area contributed by atoms with Gasteiger partial charge >= 0.3 is 0 Å². The van der Waals surface area contributed by atoms with Gasteiger partial charge in [-0.3, -0.25) is 0 Å². The summed E-state index contributed by atoms with van der Waals surface area (Å²) in [6, 6.07) is 0. The Morgan fingerprint density at radius 2 is 1.93 bits per heavy atom. The number of aliphatic hydroxyl groups is 2. The summed E-state index contributed by atoms with van der Waals surface area (Å²) in [5.41, 5.74) is -0.0168. The van der Waals surface area contributed by atoms with Crippen LogP contribution in [0.2, 0.25) is 5.15 Å². The highest BCUT2D eigenvalue weighted by Gasteiger charge is 2.18. The van der Waals surface area contributed by atoms with Gasteiger partial charge in [0.05, 0.1) is 20.3 Å². The van der Waals surface area contributed by atoms with Crippen molar-refractivity contribution in [2.24, 2.45) is 0 Å². The highest BCUT2D eigenvalue weighted by atomic mass is 35.5. The van der Waals surface area contributed by atoms with E-state index in [-0.39, 0.29) is 22.2 Å². The van der Waals surface area contributed by atoms with E-state index < -0.39 is 19.0 Å². The number of ether oxygens (including phenoxy) is 1. The molecule has 0 bridgehead atoms. The lowest BCUT2D eigenvalue weighted by atomic mass is 10.1. The second-order valence-corrected chi connectivity index (χ2v) is 2.86. The lowest BCUT2D eigenvalue weighted by Gasteiger charge is -2.10. The number of aliphatic hydroxyl groups excluding tert-OH is 2. The van der Waals surface area contributed by atoms with Gasteiger partial charge in [-0.1, -0.05) is 11.6 Å². The lowest BCUT2D eigenvalue weighted by Crippen LogP contribution is -2.04. The Morgan fingerprint density at radius 3 is 2.36 bits per heavy atom. The van der Waals surface area contributed by atoms with E-state index in [4.69, 9.17) is 21.8 Å². The van der Waals surface area contributed by atoms with Crippen molar-refractivity contribution in [1.82, 2.24) is 4.98 Å². The van der Waals surface area contributed by atoms with Gasteiger partial charge in [-0.25, -0.2) is 4.39 Å². The molecule has 6 heteroatoms. The van der Waals surface area contributed by atoms with Crippen molar-refractivity contribution in [2.75, 3.05) is 7.11 Å². The van der Waals surface area contributed by atoms with Gasteiger partial charge < -0.3 is 14.9 Å². The molecule has 1 heterocycles. The highest BCUT2D eigenvalue weighted by molar-refractivity contribution is 6.30. The van der Waals surface area contributed by atoms with Crippen LogP contribution in [-0.4, -0.2) is 22.3 Å². The minimum absolute atomic E-state index is 0.0743. The molecule has 0 amide bonds. The molecule has 0 fully saturated rings. The van der Waals surface area contributed by atoms with Crippen LogP contribution in [-0.2, 0) is 13.2 Å². The molecule has 0 saturated heterocycles. The van der Waals surface area contributed by atoms with E-state index in [1.807, 2.05) is 0 Å². The normalized spacial score (nSPS) is 10.4. The average Bonchev–Trinajstić information content (AvgIpc) is 2.20. The Bertz CT molecular complexity index is 346. The molecule has 1 aromatic heterocycles. The average molecular weight is 222 g/mol. The molecule has 0 unspecified atom stereocenters. The monoisotopic (exact) mass is 221 g/mol. The minimum atomic E-state index is -0.802. The third-order valence-electron chi connectivity index (χ3n) is 1.78. The van der Waals surface area contributed by atoms with Crippen LogP contribution in [0, 0.1) is 5.82 Å². The molecule has 14 heavy (non-hydrogen) atoms. The second kappa shape index (κ2) is 4.54. The first-order chi connectivity index (χ1) is 6.65. The molecular weight excluding hydrogens is 213 g/mol. The molecule has 78 valence electrons. The standard InChI is InChI=1S/C8H9ClFNO3/c1-14-8-6(10)4(2-12)5(3-13)7(9)11-8/h12-13H,2-3H2,1H3. The topological polar surface area (TPSA) is 62.6 Å². The minimum Gasteiger partial charge on any atom is -0.479 e. The maximum Gasteiger partial charge on any atom is 0.251 e. The SMILES string of the molecule is COc1nc(Cl)c(CO)c(CO)c1F. The molecular formula is C8H9ClFNO3. The van der Waals surface area contributed by atoms with E-state index in [1.54, 1.807) is 0 Å². The van der Waals surface area contributed by atoms with E-state index in [0.29, 0.717) is 0 Å². The van der Waals surface area contributed by atoms with Crippen molar-refractivity contribution in [2.45, 2.75) is 13.2 Å². The number of halogens is 2. The van der Waals surface area contributed by atoms with Crippen molar-refractivity contribution < 1.29 is 19.3 Å². The quantitative estimate of drug-likeness (QED) is 0.744. The first kappa shape index (κ1) is 11.2. The summed E-state index contributed by atoms with van der Waals surface area (Å²) in [5, 5.41) is 17.7. The van der Waals surface area contributed by atoms with Gasteiger partial charge in [0.2, 0.25) is 0 Å². The molecule has 0 aliphatic heterocycles. The van der Waals surface area contributed by atoms with Gasteiger partial charge in [0, 0.05) is 11.1 Å². The fraction of sp³-hybridized carbons (Fsp3) is 0.375. The number of hydrogen-bond donors (Lipinski definition) is 2. The molecule has 0 aliphatic carbocycles. The summed E-state index contributed by atoms with van der Waals surface area (Å²) < 4.78 is 18.0. The Hall–Kier alpha value is -0.910. The van der Waals surface area contributed by atoms with Gasteiger partial charge in [-0.05, 0) is 0 Å². The molecule has 0 atom stereocenters. The van der Waals surface area contributed by atoms with Crippen LogP contribution in [0.4, 0.5) is 4.39 Å². The van der Waals surface area contributed by atoms with Gasteiger partial charge in [0.1, 0.15) is 5.15 Å². The van der Waals surface area contributed by atoms with Crippen molar-refractivity contribution in [1.29, 1.82) is 0 Å². The van der Waals surface area contributed by atoms with Crippen molar-refractivity contribution in [3.05, 3.63) is 22.1 Å². The van der Waals surface area contributed by atoms with E-state index in [1.165, 1.54) is 7.11 Å². The zero-order valence-corrected chi connectivity index (χ0v) is 8.18. The Kier molecular flexibility index (Phi) is 3.62. The highest BCUT2D eigenvalue weighted by Crippen LogP contribution is 2.27. The number of aromatic nitrogens is 1. The lowest BCUT2D eigenvalue weighted by molar-refractivity contribution is 0.250. The molecule has 0 aliphatic rings. The summed E-state index contributed by atoms with van der Waals surface area (Å²) in [4.78, 5) is 3.57. The van der Waals surface area contributed by atoms with Crippen LogP contribution in [0.1, 0.15) is 11.1 Å². The van der Waals surface area contributed by atoms with Crippen LogP contribution < -0.4 is 4.74 Å². The van der Waals surface area contributed by atoms with Crippen LogP contribution in [0.15, 0.2) is 0 Å². The van der Waals surface area contributed by atoms with Gasteiger partial charge in [0.15, 0.2) is 5.82 Å². The van der Waals surface area contributed by atoms with Gasteiger partial charge in [-0.2, -0.15) is 4.98 Å². The van der Waals surface area contributed by atoms with Crippen LogP contribution in [0.25, 0.3) is 0 Å². The van der Waals surface area contributed by atoms with Gasteiger partial charge in [-0.15, -0.1) is 0 Å². The molecule has 0 aromatic carbocycles. The summed E-state index contributed by atoms with van der Waals surface area (Å²) in [6.45, 7) is -1.05. The van der Waals surface area contributed by atoms with E-state index >= 15 is 0 Å². The predicted octanol–water partition coefficient (Wildman–Crippen LogP) is 0.867. The predicted molar refractivity (Wildman–Crippen MR) is 47.6 cm³/mol. The van der Waals surface area contributed by atoms with Crippen molar-refractivity contribution in [3.63, 3.8) is 0 Å². The van der Waals surface area contributed by atoms with Crippen LogP contribution in [0.5, 0.6) is 5.88 Å². The smallest absolute Gasteiger partial charge is 0.251 e. The number of pyridine rings is 1. The zero-order valence-electron chi connectivity index (χ0n) is 7.42. The van der Waals surface area contributed by atoms with Crippen LogP contribution >= 0.6 is 11.6 Å². The molecule has 4 nitrogen and oxygen atoms in total. The van der Waals surface area contributed by atoms with E-state index in [0.717, 1.165) is 0 Å². The maximum absolute atomic E-state index is 13.4. The number of methoxy groups -OCH3 is 1. The molecule has 0 radical (unpaired) electrons. The third kappa shape index (κ3) is 1.79. The summed E-state index contributed by atoms with van der Waals surface area (Å²) >= 11 is 5.64. The third-order valence-corrected chi connectivity index (χ3v) is 2.09. The number of hydrogen-bond acceptors (Lipinski definition) is 4. The summed E-state index contributed by atoms with van der Waals surface area (Å²) in [6.07, 6.45) is 0. The first-order valence-corrected chi connectivity index (χ1v) is 4.16. The Balaban J connectivity index is 3.40. The van der Waals surface area contributed by atoms with E-state index in [9.17, 15) is 4.39 Å². The van der Waals surface area contributed by atoms with Crippen molar-refractivity contribution in [3.8, 4) is 5.88 Å². The zero-order chi connectivity index (χ0) is 10.7. The molecule has 0 spiro atoms. The number of nitrogens with zero attached hydrogens (tertiary/aromatic N) is 1. The molecule has 1 aromatic rings. The van der Waals surface area contributed by atoms with E-state index in [2.05, 4.69) is 9.72 Å². The Labute approximate surface area is 84.9 Å². The molecule has 1 rings (SSSR count). The maximum atomic E-state index is 13.4. The fourth-order valence-electron chi connectivity index (χ4n) is 1.05. The second-order valence-electron chi connectivity index (χ2n) is 2.50. The fourth-order valence-corrected chi connectivity index (χ4v) is 1.30.